The number of thiocarbonyl (C=S) groups is 1. The highest BCUT2D eigenvalue weighted by Crippen LogP contribution is 2.17. The Hall–Kier alpha value is -2.47. The van der Waals surface area contributed by atoms with Crippen LogP contribution in [0.3, 0.4) is 0 Å². The van der Waals surface area contributed by atoms with E-state index < -0.39 is 0 Å². The molecule has 0 radical (unpaired) electrons. The van der Waals surface area contributed by atoms with Crippen LogP contribution in [0.5, 0.6) is 0 Å². The first kappa shape index (κ1) is 19.3. The number of nitrogens with one attached hydrogen (secondary N) is 2. The predicted molar refractivity (Wildman–Crippen MR) is 111 cm³/mol. The van der Waals surface area contributed by atoms with Gasteiger partial charge in [0.15, 0.2) is 5.11 Å². The van der Waals surface area contributed by atoms with E-state index in [9.17, 15) is 4.79 Å². The lowest BCUT2D eigenvalue weighted by molar-refractivity contribution is -0.120. The van der Waals surface area contributed by atoms with Crippen LogP contribution in [0.15, 0.2) is 54.9 Å². The molecule has 0 aliphatic heterocycles. The van der Waals surface area contributed by atoms with Crippen LogP contribution in [0.1, 0.15) is 36.8 Å². The number of carbonyl (C=O) groups excluding carboxylic acids is 1. The highest BCUT2D eigenvalue weighted by molar-refractivity contribution is 7.80. The average Bonchev–Trinajstić information content (AvgIpc) is 3.20. The molecule has 0 unspecified atom stereocenters. The Kier molecular flexibility index (Phi) is 7.16. The maximum atomic E-state index is 12.2. The van der Waals surface area contributed by atoms with Crippen molar-refractivity contribution in [3.05, 3.63) is 66.0 Å². The molecule has 0 atom stereocenters. The summed E-state index contributed by atoms with van der Waals surface area (Å²) in [7, 11) is 0. The van der Waals surface area contributed by atoms with Gasteiger partial charge in [-0.25, -0.2) is 0 Å². The van der Waals surface area contributed by atoms with Crippen molar-refractivity contribution in [1.82, 2.24) is 20.5 Å². The molecule has 1 aromatic carbocycles. The minimum atomic E-state index is 0.00490. The minimum absolute atomic E-state index is 0.00490. The van der Waals surface area contributed by atoms with Gasteiger partial charge in [-0.1, -0.05) is 49.2 Å². The normalized spacial score (nSPS) is 13.9. The van der Waals surface area contributed by atoms with Crippen molar-refractivity contribution in [2.75, 3.05) is 6.54 Å². The maximum absolute atomic E-state index is 12.2. The summed E-state index contributed by atoms with van der Waals surface area (Å²) in [5, 5.41) is 6.78. The van der Waals surface area contributed by atoms with E-state index in [-0.39, 0.29) is 12.5 Å². The van der Waals surface area contributed by atoms with Crippen LogP contribution in [-0.2, 0) is 17.9 Å². The van der Waals surface area contributed by atoms with Crippen LogP contribution in [0.25, 0.3) is 0 Å². The molecular formula is C21H26N4OS. The van der Waals surface area contributed by atoms with Crippen molar-refractivity contribution >= 4 is 23.2 Å². The highest BCUT2D eigenvalue weighted by atomic mass is 32.1. The number of amides is 1. The van der Waals surface area contributed by atoms with Crippen molar-refractivity contribution in [2.24, 2.45) is 0 Å². The van der Waals surface area contributed by atoms with Gasteiger partial charge in [-0.2, -0.15) is 0 Å². The molecule has 1 saturated carbocycles. The Bertz CT molecular complexity index is 691. The van der Waals surface area contributed by atoms with E-state index in [0.29, 0.717) is 24.2 Å². The van der Waals surface area contributed by atoms with E-state index in [4.69, 9.17) is 12.2 Å². The molecule has 0 saturated heterocycles. The first-order valence-corrected chi connectivity index (χ1v) is 9.86. The summed E-state index contributed by atoms with van der Waals surface area (Å²) < 4.78 is 0. The van der Waals surface area contributed by atoms with Crippen LogP contribution < -0.4 is 10.6 Å². The van der Waals surface area contributed by atoms with Crippen molar-refractivity contribution in [3.8, 4) is 0 Å². The second-order valence-electron chi connectivity index (χ2n) is 6.91. The van der Waals surface area contributed by atoms with Gasteiger partial charge in [0.05, 0.1) is 6.54 Å². The number of nitrogens with zero attached hydrogens (tertiary/aromatic N) is 2. The molecule has 0 spiro atoms. The van der Waals surface area contributed by atoms with E-state index in [1.54, 1.807) is 6.20 Å². The molecule has 2 N–H and O–H groups in total. The Morgan fingerprint density at radius 3 is 2.48 bits per heavy atom. The van der Waals surface area contributed by atoms with Gasteiger partial charge in [-0.15, -0.1) is 0 Å². The zero-order chi connectivity index (χ0) is 18.9. The van der Waals surface area contributed by atoms with Gasteiger partial charge in [-0.05, 0) is 42.3 Å². The van der Waals surface area contributed by atoms with Gasteiger partial charge in [-0.3, -0.25) is 9.78 Å². The number of carbonyl (C=O) groups is 1. The lowest BCUT2D eigenvalue weighted by Gasteiger charge is -2.26. The van der Waals surface area contributed by atoms with Gasteiger partial charge in [0.1, 0.15) is 0 Å². The minimum Gasteiger partial charge on any atom is -0.353 e. The quantitative estimate of drug-likeness (QED) is 0.721. The molecule has 2 aromatic rings. The molecule has 1 heterocycles. The maximum Gasteiger partial charge on any atom is 0.239 e. The first-order chi connectivity index (χ1) is 13.2. The van der Waals surface area contributed by atoms with E-state index >= 15 is 0 Å². The van der Waals surface area contributed by atoms with E-state index in [1.807, 2.05) is 36.5 Å². The zero-order valence-corrected chi connectivity index (χ0v) is 16.3. The van der Waals surface area contributed by atoms with Gasteiger partial charge in [0, 0.05) is 31.5 Å². The molecule has 5 nitrogen and oxygen atoms in total. The summed E-state index contributed by atoms with van der Waals surface area (Å²) in [6, 6.07) is 14.5. The Balaban J connectivity index is 1.58. The van der Waals surface area contributed by atoms with Gasteiger partial charge in [0.2, 0.25) is 5.91 Å². The molecule has 3 rings (SSSR count). The molecule has 6 heteroatoms. The number of hydrogen-bond donors (Lipinski definition) is 2. The smallest absolute Gasteiger partial charge is 0.239 e. The van der Waals surface area contributed by atoms with Crippen molar-refractivity contribution in [2.45, 2.75) is 44.8 Å². The molecule has 142 valence electrons. The topological polar surface area (TPSA) is 57.3 Å². The van der Waals surface area contributed by atoms with Gasteiger partial charge in [0.25, 0.3) is 0 Å². The number of benzene rings is 1. The molecule has 1 aliphatic rings. The molecule has 27 heavy (non-hydrogen) atoms. The third-order valence-electron chi connectivity index (χ3n) is 4.72. The van der Waals surface area contributed by atoms with E-state index in [1.165, 1.54) is 18.4 Å². The number of aromatic nitrogens is 1. The number of rotatable bonds is 7. The summed E-state index contributed by atoms with van der Waals surface area (Å²) in [4.78, 5) is 18.4. The second kappa shape index (κ2) is 10.0. The fourth-order valence-electron chi connectivity index (χ4n) is 3.33. The van der Waals surface area contributed by atoms with Crippen LogP contribution >= 0.6 is 12.2 Å². The van der Waals surface area contributed by atoms with Crippen LogP contribution in [0, 0.1) is 0 Å². The second-order valence-corrected chi connectivity index (χ2v) is 7.30. The monoisotopic (exact) mass is 382 g/mol. The summed E-state index contributed by atoms with van der Waals surface area (Å²) in [6.07, 6.45) is 8.16. The lowest BCUT2D eigenvalue weighted by atomic mass is 10.2. The Labute approximate surface area is 166 Å². The summed E-state index contributed by atoms with van der Waals surface area (Å²) in [6.45, 7) is 1.51. The largest absolute Gasteiger partial charge is 0.353 e. The molecule has 1 aliphatic carbocycles. The molecule has 1 aromatic heterocycles. The predicted octanol–water partition coefficient (Wildman–Crippen LogP) is 3.02. The lowest BCUT2D eigenvalue weighted by Crippen LogP contribution is -2.45. The fourth-order valence-corrected chi connectivity index (χ4v) is 3.53. The first-order valence-electron chi connectivity index (χ1n) is 9.45. The van der Waals surface area contributed by atoms with Crippen LogP contribution in [0.2, 0.25) is 0 Å². The van der Waals surface area contributed by atoms with E-state index in [0.717, 1.165) is 18.4 Å². The molecule has 1 fully saturated rings. The van der Waals surface area contributed by atoms with Crippen LogP contribution in [-0.4, -0.2) is 33.5 Å². The highest BCUT2D eigenvalue weighted by Gasteiger charge is 2.18. The summed E-state index contributed by atoms with van der Waals surface area (Å²) in [5.41, 5.74) is 2.24. The summed E-state index contributed by atoms with van der Waals surface area (Å²) >= 11 is 5.59. The molecule has 1 amide bonds. The Morgan fingerprint density at radius 1 is 1.07 bits per heavy atom. The SMILES string of the molecule is O=C(CNC(=S)N(Cc1ccccc1)Cc1cccnc1)NC1CCCC1. The number of hydrogen-bond acceptors (Lipinski definition) is 3. The van der Waals surface area contributed by atoms with Gasteiger partial charge >= 0.3 is 0 Å². The van der Waals surface area contributed by atoms with Crippen LogP contribution in [0.4, 0.5) is 0 Å². The van der Waals surface area contributed by atoms with Gasteiger partial charge < -0.3 is 15.5 Å². The fraction of sp³-hybridized carbons (Fsp3) is 0.381. The standard InChI is InChI=1S/C21H26N4OS/c26-20(24-19-10-4-5-11-19)14-23-21(27)25(15-17-7-2-1-3-8-17)16-18-9-6-12-22-13-18/h1-3,6-9,12-13,19H,4-5,10-11,14-16H2,(H,23,27)(H,24,26). The third-order valence-corrected chi connectivity index (χ3v) is 5.12. The third kappa shape index (κ3) is 6.32. The molecular weight excluding hydrogens is 356 g/mol. The van der Waals surface area contributed by atoms with Crippen molar-refractivity contribution < 1.29 is 4.79 Å². The Morgan fingerprint density at radius 2 is 1.78 bits per heavy atom. The average molecular weight is 383 g/mol. The zero-order valence-electron chi connectivity index (χ0n) is 15.4. The summed E-state index contributed by atoms with van der Waals surface area (Å²) in [5.74, 6) is 0.00490. The van der Waals surface area contributed by atoms with E-state index in [2.05, 4.69) is 32.7 Å². The molecule has 0 bridgehead atoms. The van der Waals surface area contributed by atoms with Crippen molar-refractivity contribution in [3.63, 3.8) is 0 Å². The van der Waals surface area contributed by atoms with Crippen molar-refractivity contribution in [1.29, 1.82) is 0 Å². The number of pyridine rings is 1.